The van der Waals surface area contributed by atoms with Crippen LogP contribution in [0.2, 0.25) is 0 Å². The van der Waals surface area contributed by atoms with E-state index in [1.807, 2.05) is 12.1 Å². The Bertz CT molecular complexity index is 505. The van der Waals surface area contributed by atoms with Gasteiger partial charge in [0, 0.05) is 25.3 Å². The predicted octanol–water partition coefficient (Wildman–Crippen LogP) is 3.07. The highest BCUT2D eigenvalue weighted by molar-refractivity contribution is 7.89. The molecule has 1 aliphatic rings. The largest absolute Gasteiger partial charge is 0.385 e. The topological polar surface area (TPSA) is 49.4 Å². The number of anilines is 1. The fourth-order valence-corrected chi connectivity index (χ4v) is 3.93. The number of nitrogens with one attached hydrogen (secondary N) is 1. The van der Waals surface area contributed by atoms with Gasteiger partial charge >= 0.3 is 0 Å². The van der Waals surface area contributed by atoms with Crippen LogP contribution < -0.4 is 5.32 Å². The Morgan fingerprint density at radius 3 is 2.35 bits per heavy atom. The van der Waals surface area contributed by atoms with E-state index >= 15 is 0 Å². The van der Waals surface area contributed by atoms with Crippen molar-refractivity contribution in [1.29, 1.82) is 0 Å². The summed E-state index contributed by atoms with van der Waals surface area (Å²) in [4.78, 5) is 0.403. The second-order valence-corrected chi connectivity index (χ2v) is 7.21. The lowest BCUT2D eigenvalue weighted by Gasteiger charge is -2.25. The van der Waals surface area contributed by atoms with Gasteiger partial charge in [0.1, 0.15) is 0 Å². The summed E-state index contributed by atoms with van der Waals surface area (Å²) >= 11 is 0. The number of hydrogen-bond acceptors (Lipinski definition) is 3. The molecule has 5 heteroatoms. The fourth-order valence-electron chi connectivity index (χ4n) is 2.41. The number of nitrogens with zero attached hydrogens (tertiary/aromatic N) is 1. The molecule has 4 nitrogen and oxygen atoms in total. The molecule has 2 rings (SSSR count). The fraction of sp³-hybridized carbons (Fsp3) is 0.600. The third-order valence-corrected chi connectivity index (χ3v) is 5.58. The molecule has 0 unspecified atom stereocenters. The molecule has 1 fully saturated rings. The van der Waals surface area contributed by atoms with E-state index in [0.29, 0.717) is 18.0 Å². The van der Waals surface area contributed by atoms with Gasteiger partial charge in [0.15, 0.2) is 0 Å². The van der Waals surface area contributed by atoms with Crippen molar-refractivity contribution in [3.8, 4) is 0 Å². The number of benzene rings is 1. The van der Waals surface area contributed by atoms with E-state index in [1.54, 1.807) is 16.4 Å². The Morgan fingerprint density at radius 2 is 1.75 bits per heavy atom. The normalized spacial score (nSPS) is 17.1. The van der Waals surface area contributed by atoms with Crippen molar-refractivity contribution < 1.29 is 8.42 Å². The van der Waals surface area contributed by atoms with Gasteiger partial charge in [0.05, 0.1) is 4.90 Å². The molecule has 0 aliphatic carbocycles. The highest BCUT2D eigenvalue weighted by Crippen LogP contribution is 2.21. The number of hydrogen-bond donors (Lipinski definition) is 1. The second-order valence-electron chi connectivity index (χ2n) is 5.27. The maximum absolute atomic E-state index is 12.5. The number of sulfonamides is 1. The van der Waals surface area contributed by atoms with Crippen LogP contribution in [0.5, 0.6) is 0 Å². The Morgan fingerprint density at radius 1 is 1.10 bits per heavy atom. The van der Waals surface area contributed by atoms with Crippen molar-refractivity contribution in [2.24, 2.45) is 0 Å². The van der Waals surface area contributed by atoms with Gasteiger partial charge < -0.3 is 5.32 Å². The Balaban J connectivity index is 2.04. The van der Waals surface area contributed by atoms with Crippen molar-refractivity contribution in [2.45, 2.75) is 43.9 Å². The molecule has 1 saturated heterocycles. The average molecular weight is 296 g/mol. The summed E-state index contributed by atoms with van der Waals surface area (Å²) in [6.07, 6.45) is 5.33. The first-order valence-corrected chi connectivity index (χ1v) is 8.92. The Labute approximate surface area is 122 Å². The average Bonchev–Trinajstić information content (AvgIpc) is 2.49. The zero-order chi connectivity index (χ0) is 14.4. The zero-order valence-electron chi connectivity index (χ0n) is 12.1. The Hall–Kier alpha value is -1.07. The lowest BCUT2D eigenvalue weighted by atomic mass is 10.2. The molecule has 112 valence electrons. The molecule has 0 spiro atoms. The van der Waals surface area contributed by atoms with E-state index in [2.05, 4.69) is 12.2 Å². The summed E-state index contributed by atoms with van der Waals surface area (Å²) in [6.45, 7) is 4.38. The van der Waals surface area contributed by atoms with Gasteiger partial charge in [-0.15, -0.1) is 0 Å². The third kappa shape index (κ3) is 3.73. The van der Waals surface area contributed by atoms with Gasteiger partial charge in [-0.3, -0.25) is 0 Å². The van der Waals surface area contributed by atoms with Crippen LogP contribution in [0.1, 0.15) is 39.0 Å². The zero-order valence-corrected chi connectivity index (χ0v) is 13.0. The molecule has 0 saturated carbocycles. The van der Waals surface area contributed by atoms with E-state index in [-0.39, 0.29) is 0 Å². The van der Waals surface area contributed by atoms with E-state index in [1.165, 1.54) is 0 Å². The van der Waals surface area contributed by atoms with Crippen LogP contribution in [0, 0.1) is 0 Å². The van der Waals surface area contributed by atoms with Crippen LogP contribution >= 0.6 is 0 Å². The molecular formula is C15H24N2O2S. The highest BCUT2D eigenvalue weighted by atomic mass is 32.2. The first-order chi connectivity index (χ1) is 9.64. The van der Waals surface area contributed by atoms with Gasteiger partial charge in [0.25, 0.3) is 0 Å². The van der Waals surface area contributed by atoms with E-state index in [4.69, 9.17) is 0 Å². The maximum atomic E-state index is 12.5. The smallest absolute Gasteiger partial charge is 0.243 e. The standard InChI is InChI=1S/C15H24N2O2S/c1-2-3-11-16-14-7-9-15(10-8-14)20(18,19)17-12-5-4-6-13-17/h7-10,16H,2-6,11-13H2,1H3. The molecule has 1 aliphatic heterocycles. The van der Waals surface area contributed by atoms with E-state index < -0.39 is 10.0 Å². The minimum atomic E-state index is -3.30. The predicted molar refractivity (Wildman–Crippen MR) is 82.4 cm³/mol. The minimum Gasteiger partial charge on any atom is -0.385 e. The first kappa shape index (κ1) is 15.3. The third-order valence-electron chi connectivity index (χ3n) is 3.67. The van der Waals surface area contributed by atoms with Crippen molar-refractivity contribution in [3.05, 3.63) is 24.3 Å². The molecule has 0 aromatic heterocycles. The van der Waals surface area contributed by atoms with Crippen LogP contribution in [-0.4, -0.2) is 32.4 Å². The van der Waals surface area contributed by atoms with Gasteiger partial charge in [-0.05, 0) is 43.5 Å². The molecule has 1 heterocycles. The molecule has 0 atom stereocenters. The summed E-state index contributed by atoms with van der Waals surface area (Å²) in [5.74, 6) is 0. The lowest BCUT2D eigenvalue weighted by Crippen LogP contribution is -2.35. The van der Waals surface area contributed by atoms with Crippen LogP contribution in [0.3, 0.4) is 0 Å². The van der Waals surface area contributed by atoms with Crippen LogP contribution in [0.15, 0.2) is 29.2 Å². The highest BCUT2D eigenvalue weighted by Gasteiger charge is 2.25. The molecular weight excluding hydrogens is 272 g/mol. The SMILES string of the molecule is CCCCNc1ccc(S(=O)(=O)N2CCCCC2)cc1. The van der Waals surface area contributed by atoms with Crippen LogP contribution in [-0.2, 0) is 10.0 Å². The summed E-state index contributed by atoms with van der Waals surface area (Å²) in [6, 6.07) is 7.12. The summed E-state index contributed by atoms with van der Waals surface area (Å²) in [5, 5.41) is 3.30. The van der Waals surface area contributed by atoms with Gasteiger partial charge in [-0.2, -0.15) is 4.31 Å². The monoisotopic (exact) mass is 296 g/mol. The van der Waals surface area contributed by atoms with Crippen molar-refractivity contribution in [3.63, 3.8) is 0 Å². The number of piperidine rings is 1. The molecule has 1 aromatic carbocycles. The quantitative estimate of drug-likeness (QED) is 0.821. The number of rotatable bonds is 6. The van der Waals surface area contributed by atoms with Gasteiger partial charge in [-0.25, -0.2) is 8.42 Å². The second kappa shape index (κ2) is 7.09. The lowest BCUT2D eigenvalue weighted by molar-refractivity contribution is 0.346. The van der Waals surface area contributed by atoms with Gasteiger partial charge in [0.2, 0.25) is 10.0 Å². The molecule has 0 bridgehead atoms. The maximum Gasteiger partial charge on any atom is 0.243 e. The van der Waals surface area contributed by atoms with Crippen LogP contribution in [0.25, 0.3) is 0 Å². The first-order valence-electron chi connectivity index (χ1n) is 7.48. The molecule has 0 radical (unpaired) electrons. The Kier molecular flexibility index (Phi) is 5.43. The molecule has 0 amide bonds. The molecule has 1 N–H and O–H groups in total. The summed E-state index contributed by atoms with van der Waals surface area (Å²) < 4.78 is 26.5. The van der Waals surface area contributed by atoms with Crippen molar-refractivity contribution >= 4 is 15.7 Å². The van der Waals surface area contributed by atoms with E-state index in [9.17, 15) is 8.42 Å². The van der Waals surface area contributed by atoms with Crippen LogP contribution in [0.4, 0.5) is 5.69 Å². The van der Waals surface area contributed by atoms with Crippen molar-refractivity contribution in [1.82, 2.24) is 4.31 Å². The molecule has 1 aromatic rings. The van der Waals surface area contributed by atoms with Gasteiger partial charge in [-0.1, -0.05) is 19.8 Å². The molecule has 20 heavy (non-hydrogen) atoms. The summed E-state index contributed by atoms with van der Waals surface area (Å²) in [5.41, 5.74) is 0.982. The van der Waals surface area contributed by atoms with Crippen molar-refractivity contribution in [2.75, 3.05) is 25.0 Å². The minimum absolute atomic E-state index is 0.403. The summed E-state index contributed by atoms with van der Waals surface area (Å²) in [7, 11) is -3.30. The van der Waals surface area contributed by atoms with E-state index in [0.717, 1.165) is 44.3 Å². The number of unbranched alkanes of at least 4 members (excludes halogenated alkanes) is 1.